The van der Waals surface area contributed by atoms with Crippen molar-refractivity contribution in [3.8, 4) is 11.8 Å². The van der Waals surface area contributed by atoms with Crippen LogP contribution < -0.4 is 20.9 Å². The first kappa shape index (κ1) is 51.7. The van der Waals surface area contributed by atoms with E-state index in [2.05, 4.69) is 27.8 Å². The fraction of sp³-hybridized carbons (Fsp3) is 0.396. The van der Waals surface area contributed by atoms with Crippen LogP contribution in [0.3, 0.4) is 0 Å². The fourth-order valence-corrected chi connectivity index (χ4v) is 10.1. The first-order chi connectivity index (χ1) is 33.0. The normalized spacial score (nSPS) is 17.7. The summed E-state index contributed by atoms with van der Waals surface area (Å²) in [5, 5.41) is 7.76. The molecule has 0 saturated carbocycles. The molecule has 70 heavy (non-hydrogen) atoms. The maximum absolute atomic E-state index is 14.9. The fourth-order valence-electron chi connectivity index (χ4n) is 8.58. The number of alkyl halides is 2. The number of piperidine rings is 1. The zero-order valence-electron chi connectivity index (χ0n) is 38.2. The Hall–Kier alpha value is -6.10. The van der Waals surface area contributed by atoms with Crippen molar-refractivity contribution in [1.82, 2.24) is 25.8 Å². The van der Waals surface area contributed by atoms with E-state index >= 15 is 0 Å². The van der Waals surface area contributed by atoms with E-state index < -0.39 is 77.7 Å². The van der Waals surface area contributed by atoms with Crippen molar-refractivity contribution in [2.75, 3.05) is 24.5 Å². The Morgan fingerprint density at radius 3 is 2.50 bits per heavy atom. The van der Waals surface area contributed by atoms with E-state index in [-0.39, 0.29) is 84.7 Å². The second-order valence-corrected chi connectivity index (χ2v) is 21.4. The molecule has 5 N–H and O–H groups in total. The topological polar surface area (TPSA) is 223 Å². The van der Waals surface area contributed by atoms with Crippen LogP contribution in [0.2, 0.25) is 5.02 Å². The minimum atomic E-state index is -5.85. The third kappa shape index (κ3) is 11.1. The SMILES string of the molecule is CC(C)(C)C(NC(=O)c1cc2cc(C(F)(F)P(=O)(O)O)ccc2s1)C(=O)N1CCCC1C(=O)N(CCC(=O)NCCCC#Cc1cccc2c1CN(C1CCC(=O)NC1=O)C2=O)c1ccc(Cl)c(F)c1. The second-order valence-electron chi connectivity index (χ2n) is 18.2. The molecule has 3 aliphatic rings. The van der Waals surface area contributed by atoms with Crippen LogP contribution in [0.4, 0.5) is 18.9 Å². The minimum Gasteiger partial charge on any atom is -0.356 e. The highest BCUT2D eigenvalue weighted by Crippen LogP contribution is 2.59. The average Bonchev–Trinajstić information content (AvgIpc) is 4.05. The van der Waals surface area contributed by atoms with Crippen LogP contribution in [0.15, 0.2) is 60.7 Å². The van der Waals surface area contributed by atoms with Gasteiger partial charge in [-0.2, -0.15) is 8.78 Å². The van der Waals surface area contributed by atoms with Gasteiger partial charge in [-0.15, -0.1) is 11.3 Å². The number of unbranched alkanes of at least 4 members (excludes halogenated alkanes) is 1. The molecule has 0 aliphatic carbocycles. The number of carbonyl (C=O) groups excluding carboxylic acids is 7. The van der Waals surface area contributed by atoms with Crippen LogP contribution in [-0.2, 0) is 40.7 Å². The van der Waals surface area contributed by atoms with Crippen LogP contribution >= 0.6 is 30.5 Å². The summed E-state index contributed by atoms with van der Waals surface area (Å²) in [4.78, 5) is 116. The molecular formula is C48H49ClF3N6O10PS. The van der Waals surface area contributed by atoms with Gasteiger partial charge in [-0.05, 0) is 90.6 Å². The van der Waals surface area contributed by atoms with Crippen LogP contribution in [-0.4, -0.2) is 98.7 Å². The third-order valence-electron chi connectivity index (χ3n) is 12.3. The molecule has 3 aliphatic heterocycles. The molecule has 22 heteroatoms. The van der Waals surface area contributed by atoms with Gasteiger partial charge in [-0.3, -0.25) is 43.4 Å². The van der Waals surface area contributed by atoms with Crippen LogP contribution in [0, 0.1) is 23.1 Å². The number of likely N-dealkylation sites (tertiary alicyclic amines) is 1. The second kappa shape index (κ2) is 20.7. The first-order valence-corrected chi connectivity index (χ1v) is 25.1. The average molecular weight is 1030 g/mol. The summed E-state index contributed by atoms with van der Waals surface area (Å²) in [5.41, 5.74) is -4.48. The van der Waals surface area contributed by atoms with Crippen molar-refractivity contribution >= 4 is 87.7 Å². The molecule has 0 bridgehead atoms. The number of nitrogens with one attached hydrogen (secondary N) is 3. The highest BCUT2D eigenvalue weighted by Gasteiger charge is 2.50. The van der Waals surface area contributed by atoms with Gasteiger partial charge in [0.2, 0.25) is 29.5 Å². The van der Waals surface area contributed by atoms with Crippen molar-refractivity contribution < 1.29 is 61.1 Å². The van der Waals surface area contributed by atoms with Gasteiger partial charge in [0.15, 0.2) is 0 Å². The minimum absolute atomic E-state index is 0.0280. The molecule has 0 radical (unpaired) electrons. The van der Waals surface area contributed by atoms with E-state index in [1.54, 1.807) is 39.0 Å². The monoisotopic (exact) mass is 1020 g/mol. The van der Waals surface area contributed by atoms with Gasteiger partial charge in [0.05, 0.1) is 9.90 Å². The summed E-state index contributed by atoms with van der Waals surface area (Å²) < 4.78 is 55.7. The Kier molecular flexibility index (Phi) is 15.3. The Labute approximate surface area is 409 Å². The van der Waals surface area contributed by atoms with Crippen molar-refractivity contribution in [2.45, 2.75) is 96.1 Å². The summed E-state index contributed by atoms with van der Waals surface area (Å²) in [6.07, 6.45) is 1.62. The van der Waals surface area contributed by atoms with Gasteiger partial charge >= 0.3 is 13.3 Å². The van der Waals surface area contributed by atoms with Crippen LogP contribution in [0.1, 0.15) is 102 Å². The lowest BCUT2D eigenvalue weighted by Crippen LogP contribution is -2.58. The number of halogens is 4. The van der Waals surface area contributed by atoms with E-state index in [1.807, 2.05) is 0 Å². The first-order valence-electron chi connectivity index (χ1n) is 22.3. The zero-order chi connectivity index (χ0) is 50.9. The van der Waals surface area contributed by atoms with Gasteiger partial charge in [-0.1, -0.05) is 56.3 Å². The zero-order valence-corrected chi connectivity index (χ0v) is 40.6. The van der Waals surface area contributed by atoms with Crippen LogP contribution in [0.5, 0.6) is 0 Å². The van der Waals surface area contributed by atoms with Crippen molar-refractivity contribution in [2.24, 2.45) is 5.41 Å². The van der Waals surface area contributed by atoms with E-state index in [0.29, 0.717) is 40.7 Å². The number of nitrogens with zero attached hydrogens (tertiary/aromatic N) is 3. The maximum Gasteiger partial charge on any atom is 0.399 e. The Morgan fingerprint density at radius 2 is 1.80 bits per heavy atom. The molecule has 0 spiro atoms. The van der Waals surface area contributed by atoms with E-state index in [4.69, 9.17) is 11.6 Å². The molecule has 7 rings (SSSR count). The number of hydrogen-bond donors (Lipinski definition) is 5. The molecule has 370 valence electrons. The highest BCUT2D eigenvalue weighted by atomic mass is 35.5. The highest BCUT2D eigenvalue weighted by molar-refractivity contribution is 7.52. The standard InChI is InChI=1S/C48H49ClF3N6O10PS/c1-47(2,3)41(55-43(62)38-24-28-23-29(13-17-37(28)70-38)48(51,52)69(66,67)68)46(65)57-21-8-12-36(57)45(64)56(30-14-15-33(49)34(50)25-30)22-19-39(59)53-20-6-4-5-9-27-10-7-11-31-32(27)26-58(44(31)63)35-16-18-40(60)54-42(35)61/h7,10-11,13-15,17,23-25,35-36,41H,4,6,8,12,16,18-22,26H2,1-3H3,(H,53,59)(H,55,62)(H,54,60,61)(H2,66,67,68). The Balaban J connectivity index is 0.978. The van der Waals surface area contributed by atoms with Crippen molar-refractivity contribution in [3.05, 3.63) is 98.6 Å². The number of benzene rings is 3. The van der Waals surface area contributed by atoms with E-state index in [1.165, 1.54) is 39.0 Å². The van der Waals surface area contributed by atoms with E-state index in [0.717, 1.165) is 29.5 Å². The number of carbonyl (C=O) groups is 7. The number of fused-ring (bicyclic) bond motifs is 2. The van der Waals surface area contributed by atoms with Crippen molar-refractivity contribution in [3.63, 3.8) is 0 Å². The Bertz CT molecular complexity index is 2910. The summed E-state index contributed by atoms with van der Waals surface area (Å²) in [7, 11) is -5.85. The van der Waals surface area contributed by atoms with Crippen LogP contribution in [0.25, 0.3) is 10.1 Å². The lowest BCUT2D eigenvalue weighted by molar-refractivity contribution is -0.141. The summed E-state index contributed by atoms with van der Waals surface area (Å²) in [6, 6.07) is 10.1. The number of anilines is 1. The molecule has 3 unspecified atom stereocenters. The molecule has 7 amide bonds. The summed E-state index contributed by atoms with van der Waals surface area (Å²) in [6.45, 7) is 5.45. The van der Waals surface area contributed by atoms with Crippen molar-refractivity contribution in [1.29, 1.82) is 0 Å². The predicted octanol–water partition coefficient (Wildman–Crippen LogP) is 6.19. The third-order valence-corrected chi connectivity index (χ3v) is 14.7. The van der Waals surface area contributed by atoms with Gasteiger partial charge in [0, 0.05) is 72.5 Å². The smallest absolute Gasteiger partial charge is 0.356 e. The predicted molar refractivity (Wildman–Crippen MR) is 253 cm³/mol. The van der Waals surface area contributed by atoms with Gasteiger partial charge in [0.1, 0.15) is 23.9 Å². The van der Waals surface area contributed by atoms with Gasteiger partial charge in [0.25, 0.3) is 11.8 Å². The molecule has 1 aromatic heterocycles. The summed E-state index contributed by atoms with van der Waals surface area (Å²) in [5.74, 6) is 1.80. The molecule has 3 aromatic carbocycles. The molecule has 16 nitrogen and oxygen atoms in total. The van der Waals surface area contributed by atoms with E-state index in [9.17, 15) is 61.1 Å². The lowest BCUT2D eigenvalue weighted by Gasteiger charge is -2.36. The molecule has 2 saturated heterocycles. The molecule has 2 fully saturated rings. The lowest BCUT2D eigenvalue weighted by atomic mass is 9.85. The number of thiophene rings is 1. The number of amides is 7. The Morgan fingerprint density at radius 1 is 1.04 bits per heavy atom. The van der Waals surface area contributed by atoms with Gasteiger partial charge in [-0.25, -0.2) is 4.39 Å². The number of hydrogen-bond acceptors (Lipinski definition) is 9. The number of rotatable bonds is 14. The molecule has 4 aromatic rings. The largest absolute Gasteiger partial charge is 0.399 e. The molecule has 4 heterocycles. The quantitative estimate of drug-likeness (QED) is 0.0417. The molecule has 3 atom stereocenters. The maximum atomic E-state index is 14.9. The number of imide groups is 1. The molecular weight excluding hydrogens is 976 g/mol. The van der Waals surface area contributed by atoms with Gasteiger partial charge < -0.3 is 35.1 Å². The summed E-state index contributed by atoms with van der Waals surface area (Å²) >= 11 is 6.90.